The van der Waals surface area contributed by atoms with E-state index in [0.29, 0.717) is 17.8 Å². The molecular weight excluding hydrogens is 217 g/mol. The van der Waals surface area contributed by atoms with Crippen molar-refractivity contribution in [2.75, 3.05) is 11.2 Å². The number of nitrogens with zero attached hydrogens (tertiary/aromatic N) is 1. The van der Waals surface area contributed by atoms with E-state index in [2.05, 4.69) is 24.3 Å². The van der Waals surface area contributed by atoms with Crippen molar-refractivity contribution in [2.24, 2.45) is 0 Å². The van der Waals surface area contributed by atoms with Gasteiger partial charge in [0, 0.05) is 12.1 Å². The fraction of sp³-hybridized carbons (Fsp3) is 0.538. The number of anilines is 2. The number of nitrogens with two attached hydrogens (primary N) is 1. The molecule has 1 aliphatic rings. The molecular formula is C13H20FN3. The van der Waals surface area contributed by atoms with E-state index in [1.165, 1.54) is 31.4 Å². The van der Waals surface area contributed by atoms with Crippen molar-refractivity contribution in [3.8, 4) is 0 Å². The first-order valence-corrected chi connectivity index (χ1v) is 6.18. The molecule has 94 valence electrons. The van der Waals surface area contributed by atoms with Crippen LogP contribution in [0.1, 0.15) is 33.1 Å². The quantitative estimate of drug-likeness (QED) is 0.777. The summed E-state index contributed by atoms with van der Waals surface area (Å²) in [6.07, 6.45) is 3.62. The Balaban J connectivity index is 2.13. The smallest absolute Gasteiger partial charge is 0.125 e. The Kier molecular flexibility index (Phi) is 3.52. The number of hydrogen-bond donors (Lipinski definition) is 2. The Morgan fingerprint density at radius 3 is 2.53 bits per heavy atom. The first-order valence-electron chi connectivity index (χ1n) is 6.18. The molecule has 2 atom stereocenters. The number of rotatable bonds is 2. The van der Waals surface area contributed by atoms with Crippen LogP contribution in [-0.4, -0.2) is 17.1 Å². The van der Waals surface area contributed by atoms with Crippen molar-refractivity contribution in [1.29, 1.82) is 0 Å². The summed E-state index contributed by atoms with van der Waals surface area (Å²) in [5, 5.41) is 2.22. The molecule has 2 rings (SSSR count). The minimum absolute atomic E-state index is 0.298. The van der Waals surface area contributed by atoms with Gasteiger partial charge in [0.25, 0.3) is 0 Å². The van der Waals surface area contributed by atoms with Crippen LogP contribution in [0, 0.1) is 5.82 Å². The summed E-state index contributed by atoms with van der Waals surface area (Å²) in [6.45, 7) is 4.39. The first-order chi connectivity index (χ1) is 8.08. The predicted octanol–water partition coefficient (Wildman–Crippen LogP) is 3.00. The van der Waals surface area contributed by atoms with Crippen molar-refractivity contribution >= 4 is 11.4 Å². The first kappa shape index (κ1) is 12.2. The highest BCUT2D eigenvalue weighted by Gasteiger charge is 2.24. The SMILES string of the molecule is CC1CCCC(C)N1Nc1ccc(F)cc1N. The summed E-state index contributed by atoms with van der Waals surface area (Å²) in [5.41, 5.74) is 10.4. The van der Waals surface area contributed by atoms with Gasteiger partial charge in [-0.15, -0.1) is 0 Å². The normalized spacial score (nSPS) is 25.8. The molecule has 1 aromatic carbocycles. The molecule has 1 fully saturated rings. The van der Waals surface area contributed by atoms with Crippen molar-refractivity contribution in [3.63, 3.8) is 0 Å². The monoisotopic (exact) mass is 237 g/mol. The standard InChI is InChI=1S/C13H20FN3/c1-9-4-3-5-10(2)17(9)16-13-7-6-11(14)8-12(13)15/h6-10,16H,3-5,15H2,1-2H3. The van der Waals surface area contributed by atoms with Gasteiger partial charge in [0.05, 0.1) is 11.4 Å². The molecule has 3 N–H and O–H groups in total. The highest BCUT2D eigenvalue weighted by molar-refractivity contribution is 5.65. The van der Waals surface area contributed by atoms with E-state index in [1.807, 2.05) is 0 Å². The van der Waals surface area contributed by atoms with E-state index in [4.69, 9.17) is 5.73 Å². The molecule has 4 heteroatoms. The number of halogens is 1. The number of piperidine rings is 1. The molecule has 1 saturated heterocycles. The second-order valence-corrected chi connectivity index (χ2v) is 4.88. The average molecular weight is 237 g/mol. The lowest BCUT2D eigenvalue weighted by molar-refractivity contribution is 0.136. The highest BCUT2D eigenvalue weighted by Crippen LogP contribution is 2.26. The number of benzene rings is 1. The zero-order valence-corrected chi connectivity index (χ0v) is 10.4. The lowest BCUT2D eigenvalue weighted by Gasteiger charge is -2.39. The second-order valence-electron chi connectivity index (χ2n) is 4.88. The summed E-state index contributed by atoms with van der Waals surface area (Å²) in [4.78, 5) is 0. The van der Waals surface area contributed by atoms with Crippen LogP contribution in [0.25, 0.3) is 0 Å². The molecule has 2 unspecified atom stereocenters. The molecule has 0 aromatic heterocycles. The van der Waals surface area contributed by atoms with E-state index in [0.717, 1.165) is 5.69 Å². The van der Waals surface area contributed by atoms with Crippen molar-refractivity contribution < 1.29 is 4.39 Å². The van der Waals surface area contributed by atoms with Crippen molar-refractivity contribution in [3.05, 3.63) is 24.0 Å². The number of hydrogen-bond acceptors (Lipinski definition) is 3. The van der Waals surface area contributed by atoms with Gasteiger partial charge in [-0.2, -0.15) is 0 Å². The van der Waals surface area contributed by atoms with E-state index < -0.39 is 0 Å². The molecule has 3 nitrogen and oxygen atoms in total. The molecule has 0 amide bonds. The summed E-state index contributed by atoms with van der Waals surface area (Å²) < 4.78 is 13.0. The van der Waals surface area contributed by atoms with Crippen molar-refractivity contribution in [2.45, 2.75) is 45.2 Å². The zero-order chi connectivity index (χ0) is 12.4. The maximum atomic E-state index is 13.0. The van der Waals surface area contributed by atoms with Gasteiger partial charge in [-0.3, -0.25) is 0 Å². The molecule has 0 spiro atoms. The van der Waals surface area contributed by atoms with Crippen LogP contribution >= 0.6 is 0 Å². The Bertz CT molecular complexity index is 384. The maximum absolute atomic E-state index is 13.0. The van der Waals surface area contributed by atoms with E-state index in [-0.39, 0.29) is 5.82 Å². The molecule has 1 aromatic rings. The Morgan fingerprint density at radius 1 is 1.29 bits per heavy atom. The molecule has 1 heterocycles. The van der Waals surface area contributed by atoms with Gasteiger partial charge in [0.15, 0.2) is 0 Å². The molecule has 0 radical (unpaired) electrons. The molecule has 0 saturated carbocycles. The Hall–Kier alpha value is -1.29. The minimum Gasteiger partial charge on any atom is -0.397 e. The lowest BCUT2D eigenvalue weighted by atomic mass is 10.00. The zero-order valence-electron chi connectivity index (χ0n) is 10.4. The van der Waals surface area contributed by atoms with Crippen LogP contribution < -0.4 is 11.2 Å². The summed E-state index contributed by atoms with van der Waals surface area (Å²) in [6, 6.07) is 5.42. The van der Waals surface area contributed by atoms with Crippen molar-refractivity contribution in [1.82, 2.24) is 5.01 Å². The van der Waals surface area contributed by atoms with Gasteiger partial charge in [0.1, 0.15) is 5.82 Å². The van der Waals surface area contributed by atoms with E-state index in [9.17, 15) is 4.39 Å². The third-order valence-electron chi connectivity index (χ3n) is 3.46. The maximum Gasteiger partial charge on any atom is 0.125 e. The van der Waals surface area contributed by atoms with Crippen LogP contribution in [0.15, 0.2) is 18.2 Å². The Morgan fingerprint density at radius 2 is 1.94 bits per heavy atom. The Labute approximate surface area is 102 Å². The summed E-state index contributed by atoms with van der Waals surface area (Å²) in [7, 11) is 0. The van der Waals surface area contributed by atoms with Crippen LogP contribution in [0.5, 0.6) is 0 Å². The van der Waals surface area contributed by atoms with Crippen LogP contribution in [-0.2, 0) is 0 Å². The molecule has 17 heavy (non-hydrogen) atoms. The fourth-order valence-corrected chi connectivity index (χ4v) is 2.42. The molecule has 0 bridgehead atoms. The topological polar surface area (TPSA) is 41.3 Å². The van der Waals surface area contributed by atoms with Crippen LogP contribution in [0.4, 0.5) is 15.8 Å². The van der Waals surface area contributed by atoms with Gasteiger partial charge in [-0.1, -0.05) is 6.42 Å². The largest absolute Gasteiger partial charge is 0.397 e. The third kappa shape index (κ3) is 2.69. The van der Waals surface area contributed by atoms with Gasteiger partial charge < -0.3 is 11.2 Å². The number of hydrazine groups is 1. The van der Waals surface area contributed by atoms with Gasteiger partial charge in [-0.05, 0) is 44.9 Å². The van der Waals surface area contributed by atoms with Crippen LogP contribution in [0.2, 0.25) is 0 Å². The van der Waals surface area contributed by atoms with Gasteiger partial charge >= 0.3 is 0 Å². The van der Waals surface area contributed by atoms with Gasteiger partial charge in [-0.25, -0.2) is 9.40 Å². The second kappa shape index (κ2) is 4.92. The summed E-state index contributed by atoms with van der Waals surface area (Å²) in [5.74, 6) is -0.298. The van der Waals surface area contributed by atoms with E-state index >= 15 is 0 Å². The third-order valence-corrected chi connectivity index (χ3v) is 3.46. The predicted molar refractivity (Wildman–Crippen MR) is 69.0 cm³/mol. The molecule has 1 aliphatic heterocycles. The van der Waals surface area contributed by atoms with Gasteiger partial charge in [0.2, 0.25) is 0 Å². The summed E-state index contributed by atoms with van der Waals surface area (Å²) >= 11 is 0. The highest BCUT2D eigenvalue weighted by atomic mass is 19.1. The fourth-order valence-electron chi connectivity index (χ4n) is 2.42. The number of nitrogen functional groups attached to an aromatic ring is 1. The average Bonchev–Trinajstić information content (AvgIpc) is 2.26. The van der Waals surface area contributed by atoms with Crippen LogP contribution in [0.3, 0.4) is 0 Å². The number of nitrogens with one attached hydrogen (secondary N) is 1. The minimum atomic E-state index is -0.298. The van der Waals surface area contributed by atoms with E-state index in [1.54, 1.807) is 6.07 Å². The lowest BCUT2D eigenvalue weighted by Crippen LogP contribution is -2.47. The molecule has 0 aliphatic carbocycles.